The highest BCUT2D eigenvalue weighted by Crippen LogP contribution is 2.29. The van der Waals surface area contributed by atoms with E-state index in [4.69, 9.17) is 11.6 Å². The fraction of sp³-hybridized carbons (Fsp3) is 0.333. The molecule has 0 unspecified atom stereocenters. The number of carbonyl (C=O) groups is 1. The predicted octanol–water partition coefficient (Wildman–Crippen LogP) is 3.02. The van der Waals surface area contributed by atoms with E-state index in [0.29, 0.717) is 18.0 Å². The third-order valence-electron chi connectivity index (χ3n) is 3.69. The first-order valence-electron chi connectivity index (χ1n) is 6.79. The summed E-state index contributed by atoms with van der Waals surface area (Å²) in [4.78, 5) is 13.8. The van der Waals surface area contributed by atoms with E-state index in [1.165, 1.54) is 0 Å². The summed E-state index contributed by atoms with van der Waals surface area (Å²) in [5.41, 5.74) is 4.12. The molecule has 1 aliphatic rings. The van der Waals surface area contributed by atoms with Gasteiger partial charge >= 0.3 is 0 Å². The van der Waals surface area contributed by atoms with Gasteiger partial charge in [0.25, 0.3) is 0 Å². The van der Waals surface area contributed by atoms with Gasteiger partial charge in [-0.25, -0.2) is 0 Å². The normalized spacial score (nSPS) is 14.2. The van der Waals surface area contributed by atoms with Crippen molar-refractivity contribution < 1.29 is 4.79 Å². The van der Waals surface area contributed by atoms with Crippen LogP contribution in [0.4, 0.5) is 0 Å². The number of nitrogens with zero attached hydrogens (tertiary/aromatic N) is 2. The van der Waals surface area contributed by atoms with Crippen LogP contribution in [0.3, 0.4) is 0 Å². The highest BCUT2D eigenvalue weighted by atomic mass is 35.5. The van der Waals surface area contributed by atoms with Gasteiger partial charge in [-0.1, -0.05) is 30.7 Å². The Kier molecular flexibility index (Phi) is 3.49. The lowest BCUT2D eigenvalue weighted by Crippen LogP contribution is -2.35. The number of hydrogen-bond donors (Lipinski definition) is 1. The van der Waals surface area contributed by atoms with Crippen molar-refractivity contribution in [2.45, 2.75) is 26.3 Å². The molecule has 0 aliphatic carbocycles. The molecule has 4 nitrogen and oxygen atoms in total. The second kappa shape index (κ2) is 5.29. The lowest BCUT2D eigenvalue weighted by atomic mass is 10.0. The Labute approximate surface area is 122 Å². The maximum Gasteiger partial charge on any atom is 0.222 e. The molecule has 104 valence electrons. The molecule has 3 rings (SSSR count). The Hall–Kier alpha value is -1.81. The van der Waals surface area contributed by atoms with Crippen molar-refractivity contribution in [3.63, 3.8) is 0 Å². The largest absolute Gasteiger partial charge is 0.338 e. The molecule has 2 heterocycles. The van der Waals surface area contributed by atoms with Crippen LogP contribution in [0.15, 0.2) is 24.3 Å². The SMILES string of the molecule is CCC(=O)N1CCc2[nH]nc(-c3cccc(Cl)c3)c2C1. The van der Waals surface area contributed by atoms with Gasteiger partial charge in [0, 0.05) is 47.8 Å². The maximum atomic E-state index is 11.9. The van der Waals surface area contributed by atoms with E-state index in [0.717, 1.165) is 35.5 Å². The molecule has 0 saturated heterocycles. The van der Waals surface area contributed by atoms with Crippen LogP contribution in [0, 0.1) is 0 Å². The first-order chi connectivity index (χ1) is 9.69. The number of amides is 1. The number of nitrogens with one attached hydrogen (secondary N) is 1. The molecule has 5 heteroatoms. The number of benzene rings is 1. The van der Waals surface area contributed by atoms with Crippen LogP contribution >= 0.6 is 11.6 Å². The van der Waals surface area contributed by atoms with E-state index in [9.17, 15) is 4.79 Å². The Morgan fingerprint density at radius 1 is 1.50 bits per heavy atom. The molecule has 0 fully saturated rings. The number of fused-ring (bicyclic) bond motifs is 1. The smallest absolute Gasteiger partial charge is 0.222 e. The lowest BCUT2D eigenvalue weighted by molar-refractivity contribution is -0.131. The molecule has 1 amide bonds. The first-order valence-corrected chi connectivity index (χ1v) is 7.16. The second-order valence-corrected chi connectivity index (χ2v) is 5.39. The average molecular weight is 290 g/mol. The Bertz CT molecular complexity index is 650. The van der Waals surface area contributed by atoms with Crippen LogP contribution in [0.1, 0.15) is 24.6 Å². The van der Waals surface area contributed by atoms with Crippen molar-refractivity contribution in [2.75, 3.05) is 6.54 Å². The molecule has 0 bridgehead atoms. The van der Waals surface area contributed by atoms with Gasteiger partial charge in [-0.15, -0.1) is 0 Å². The number of aromatic amines is 1. The average Bonchev–Trinajstić information content (AvgIpc) is 2.89. The van der Waals surface area contributed by atoms with Gasteiger partial charge < -0.3 is 4.90 Å². The summed E-state index contributed by atoms with van der Waals surface area (Å²) < 4.78 is 0. The molecule has 20 heavy (non-hydrogen) atoms. The topological polar surface area (TPSA) is 49.0 Å². The highest BCUT2D eigenvalue weighted by Gasteiger charge is 2.24. The number of carbonyl (C=O) groups excluding carboxylic acids is 1. The van der Waals surface area contributed by atoms with Crippen LogP contribution in [0.25, 0.3) is 11.3 Å². The number of H-pyrrole nitrogens is 1. The molecule has 0 radical (unpaired) electrons. The fourth-order valence-electron chi connectivity index (χ4n) is 2.61. The fourth-order valence-corrected chi connectivity index (χ4v) is 2.80. The van der Waals surface area contributed by atoms with Crippen LogP contribution in [0.5, 0.6) is 0 Å². The summed E-state index contributed by atoms with van der Waals surface area (Å²) in [6.45, 7) is 3.28. The lowest BCUT2D eigenvalue weighted by Gasteiger charge is -2.26. The van der Waals surface area contributed by atoms with Crippen LogP contribution < -0.4 is 0 Å². The standard InChI is InChI=1S/C15H16ClN3O/c1-2-14(20)19-7-6-13-12(9-19)15(18-17-13)10-4-3-5-11(16)8-10/h3-5,8H,2,6-7,9H2,1H3,(H,17,18). The van der Waals surface area contributed by atoms with Crippen LogP contribution in [-0.2, 0) is 17.8 Å². The minimum Gasteiger partial charge on any atom is -0.338 e. The van der Waals surface area contributed by atoms with Crippen molar-refractivity contribution >= 4 is 17.5 Å². The second-order valence-electron chi connectivity index (χ2n) is 4.96. The van der Waals surface area contributed by atoms with Crippen molar-refractivity contribution in [3.05, 3.63) is 40.5 Å². The number of halogens is 1. The van der Waals surface area contributed by atoms with Crippen molar-refractivity contribution in [3.8, 4) is 11.3 Å². The molecule has 1 N–H and O–H groups in total. The van der Waals surface area contributed by atoms with Crippen molar-refractivity contribution in [2.24, 2.45) is 0 Å². The van der Waals surface area contributed by atoms with Gasteiger partial charge in [0.05, 0.1) is 5.69 Å². The monoisotopic (exact) mass is 289 g/mol. The summed E-state index contributed by atoms with van der Waals surface area (Å²) in [6.07, 6.45) is 1.37. The predicted molar refractivity (Wildman–Crippen MR) is 78.4 cm³/mol. The molecule has 0 atom stereocenters. The van der Waals surface area contributed by atoms with Gasteiger partial charge in [-0.05, 0) is 12.1 Å². The van der Waals surface area contributed by atoms with E-state index in [1.807, 2.05) is 36.1 Å². The summed E-state index contributed by atoms with van der Waals surface area (Å²) in [7, 11) is 0. The number of aromatic nitrogens is 2. The Balaban J connectivity index is 1.97. The van der Waals surface area contributed by atoms with Gasteiger partial charge in [0.15, 0.2) is 0 Å². The summed E-state index contributed by atoms with van der Waals surface area (Å²) in [5, 5.41) is 8.19. The van der Waals surface area contributed by atoms with Crippen LogP contribution in [-0.4, -0.2) is 27.5 Å². The molecular weight excluding hydrogens is 274 g/mol. The number of hydrogen-bond acceptors (Lipinski definition) is 2. The molecule has 2 aromatic rings. The minimum atomic E-state index is 0.189. The van der Waals surface area contributed by atoms with E-state index in [2.05, 4.69) is 10.2 Å². The minimum absolute atomic E-state index is 0.189. The Morgan fingerprint density at radius 3 is 3.10 bits per heavy atom. The highest BCUT2D eigenvalue weighted by molar-refractivity contribution is 6.30. The molecule has 0 spiro atoms. The van der Waals surface area contributed by atoms with Gasteiger partial charge in [0.1, 0.15) is 0 Å². The maximum absolute atomic E-state index is 11.9. The number of rotatable bonds is 2. The Morgan fingerprint density at radius 2 is 2.35 bits per heavy atom. The zero-order chi connectivity index (χ0) is 14.1. The molecular formula is C15H16ClN3O. The summed E-state index contributed by atoms with van der Waals surface area (Å²) in [6, 6.07) is 7.65. The molecule has 1 aromatic carbocycles. The van der Waals surface area contributed by atoms with Gasteiger partial charge in [-0.3, -0.25) is 9.89 Å². The van der Waals surface area contributed by atoms with Gasteiger partial charge in [-0.2, -0.15) is 5.10 Å². The quantitative estimate of drug-likeness (QED) is 0.924. The summed E-state index contributed by atoms with van der Waals surface area (Å²) >= 11 is 6.04. The van der Waals surface area contributed by atoms with Crippen molar-refractivity contribution in [1.82, 2.24) is 15.1 Å². The van der Waals surface area contributed by atoms with Crippen molar-refractivity contribution in [1.29, 1.82) is 0 Å². The molecule has 1 aliphatic heterocycles. The third kappa shape index (κ3) is 2.31. The van der Waals surface area contributed by atoms with Gasteiger partial charge in [0.2, 0.25) is 5.91 Å². The van der Waals surface area contributed by atoms with E-state index in [-0.39, 0.29) is 5.91 Å². The third-order valence-corrected chi connectivity index (χ3v) is 3.92. The van der Waals surface area contributed by atoms with E-state index < -0.39 is 0 Å². The van der Waals surface area contributed by atoms with E-state index in [1.54, 1.807) is 0 Å². The van der Waals surface area contributed by atoms with E-state index >= 15 is 0 Å². The first kappa shape index (κ1) is 13.2. The zero-order valence-electron chi connectivity index (χ0n) is 11.3. The molecule has 1 aromatic heterocycles. The summed E-state index contributed by atoms with van der Waals surface area (Å²) in [5.74, 6) is 0.189. The van der Waals surface area contributed by atoms with Crippen LogP contribution in [0.2, 0.25) is 5.02 Å². The zero-order valence-corrected chi connectivity index (χ0v) is 12.1. The molecule has 0 saturated carbocycles.